The molecule has 0 bridgehead atoms. The van der Waals surface area contributed by atoms with Crippen molar-refractivity contribution in [3.8, 4) is 0 Å². The van der Waals surface area contributed by atoms with Gasteiger partial charge in [-0.1, -0.05) is 223 Å². The Morgan fingerprint density at radius 1 is 0.545 bits per heavy atom. The predicted molar refractivity (Wildman–Crippen MR) is 457 cm³/mol. The zero-order chi connectivity index (χ0) is 94.2. The van der Waals surface area contributed by atoms with E-state index in [1.165, 1.54) is 61.3 Å². The van der Waals surface area contributed by atoms with E-state index in [-0.39, 0.29) is 50.4 Å². The van der Waals surface area contributed by atoms with E-state index in [1.807, 2.05) is 78.9 Å². The summed E-state index contributed by atoms with van der Waals surface area (Å²) in [4.78, 5) is 62.5. The van der Waals surface area contributed by atoms with Gasteiger partial charge in [0.15, 0.2) is 6.21 Å². The number of benzene rings is 6. The van der Waals surface area contributed by atoms with Gasteiger partial charge in [0.05, 0.1) is 40.1 Å². The molecule has 8 rings (SSSR count). The van der Waals surface area contributed by atoms with Gasteiger partial charge in [-0.3, -0.25) is 33.7 Å². The smallest absolute Gasteiger partial charge is 0.446 e. The van der Waals surface area contributed by atoms with Crippen LogP contribution >= 0.6 is 23.2 Å². The maximum Gasteiger partial charge on any atom is 0.446 e. The number of alkyl halides is 17. The van der Waals surface area contributed by atoms with Gasteiger partial charge in [-0.15, -0.1) is 23.2 Å². The third kappa shape index (κ3) is 65.4. The number of halogens is 17. The number of hydroxylamine groups is 3. The lowest BCUT2D eigenvalue weighted by molar-refractivity contribution is -0.472. The molecule has 17 nitrogen and oxygen atoms in total. The van der Waals surface area contributed by atoms with Crippen LogP contribution in [-0.2, 0) is 73.9 Å². The Morgan fingerprint density at radius 2 is 0.886 bits per heavy atom. The lowest BCUT2D eigenvalue weighted by Crippen LogP contribution is -2.39. The first-order valence-electron chi connectivity index (χ1n) is 38.3. The molecule has 2 saturated heterocycles. The number of rotatable bonds is 24. The highest BCUT2D eigenvalue weighted by Gasteiger charge is 2.57. The maximum absolute atomic E-state index is 13.4. The Morgan fingerprint density at radius 3 is 1.20 bits per heavy atom. The highest BCUT2D eigenvalue weighted by molar-refractivity contribution is 6.76. The lowest BCUT2D eigenvalue weighted by atomic mass is 9.89. The fraction of sp³-hybridized carbons (Fsp3) is 0.448. The highest BCUT2D eigenvalue weighted by Crippen LogP contribution is 2.47. The Hall–Kier alpha value is -8.88. The molecule has 2 fully saturated rings. The van der Waals surface area contributed by atoms with Crippen molar-refractivity contribution < 1.29 is 123 Å². The minimum atomic E-state index is -4.64. The number of esters is 4. The number of carbonyl (C=O) groups is 5. The summed E-state index contributed by atoms with van der Waals surface area (Å²) in [5.74, 6) is -6.28. The van der Waals surface area contributed by atoms with Crippen LogP contribution in [0.4, 0.5) is 65.9 Å². The molecule has 6 aromatic carbocycles. The molecular formula is C87H117Cl2F15N6O11Si2. The number of carbonyl (C=O) groups excluding carboxylic acids is 5. The van der Waals surface area contributed by atoms with Gasteiger partial charge in [-0.2, -0.15) is 70.9 Å². The highest BCUT2D eigenvalue weighted by atomic mass is 35.5. The van der Waals surface area contributed by atoms with Crippen molar-refractivity contribution in [3.63, 3.8) is 0 Å². The van der Waals surface area contributed by atoms with Crippen LogP contribution in [0.15, 0.2) is 206 Å². The summed E-state index contributed by atoms with van der Waals surface area (Å²) in [6.07, 6.45) is -18.7. The number of ether oxygens (including phenoxy) is 4. The van der Waals surface area contributed by atoms with Gasteiger partial charge in [0.25, 0.3) is 0 Å². The second kappa shape index (κ2) is 61.5. The summed E-state index contributed by atoms with van der Waals surface area (Å²) >= 11 is 9.53. The van der Waals surface area contributed by atoms with Crippen LogP contribution in [0.5, 0.6) is 0 Å². The quantitative estimate of drug-likeness (QED) is 0.00455. The van der Waals surface area contributed by atoms with Crippen LogP contribution in [0.1, 0.15) is 81.0 Å². The number of aldehydes is 1. The second-order valence-electron chi connectivity index (χ2n) is 29.7. The number of hydrogen-bond acceptors (Lipinski definition) is 15. The minimum Gasteiger partial charge on any atom is -0.624 e. The average molecular weight is 1830 g/mol. The maximum atomic E-state index is 13.4. The van der Waals surface area contributed by atoms with Gasteiger partial charge in [-0.25, -0.2) is 4.74 Å². The Balaban J connectivity index is 0. The summed E-state index contributed by atoms with van der Waals surface area (Å²) in [6, 6.07) is 57.9. The van der Waals surface area contributed by atoms with E-state index in [9.17, 15) is 90.2 Å². The normalized spacial score (nSPS) is 16.0. The molecule has 2 unspecified atom stereocenters. The van der Waals surface area contributed by atoms with E-state index in [2.05, 4.69) is 159 Å². The van der Waals surface area contributed by atoms with Crippen molar-refractivity contribution in [1.82, 2.24) is 19.8 Å². The standard InChI is InChI=1S/C15H18F3NO2.C14H16F3NO3.2C13H23NSi.C9H11N.C8H9NO.2C6H7F3O2.C2HF3O.CH2Cl2/c1-11(20)21-10-13-8-19(9-14(13)15(16,17)18)7-12-5-3-2-4-6-12;1-9(19)20-8-11-12(14(15,16)17)13(18(2)21-11)10-6-4-3-5-7-10;2*1-5-14(12-15(2,3)4)11-13-9-7-6-8-10-13;1-10(2)8-9-6-4-3-5-7-9;1-9(10)7-8-5-3-2-4-6-8;2*1-5(10)11-4-2-3-6(7,8)9;3-2(4,5)1-6;2-1-3/h2-6,13-14H,7-10H2,1H3;3-7,11-13H,8H2,1-2H3;2*6-10H,5,11-12H2,1-4H3;3-7H,1-2,8H2;2-7H,1H3;2*2-3H,4H2,1H3;1H;1H2/b;;;;;9-7-;2*3-2+;;/t;11-,12-,13+;;;;;;;;/m.0......../s1. The molecule has 6 aromatic rings. The first-order valence-corrected chi connectivity index (χ1v) is 46.8. The molecule has 2 aliphatic heterocycles. The van der Waals surface area contributed by atoms with E-state index in [4.69, 9.17) is 42.3 Å². The van der Waals surface area contributed by atoms with Crippen molar-refractivity contribution in [1.29, 1.82) is 0 Å². The molecule has 0 N–H and O–H groups in total. The number of hydrogen-bond donors (Lipinski definition) is 0. The van der Waals surface area contributed by atoms with Gasteiger partial charge in [0.2, 0.25) is 6.29 Å². The van der Waals surface area contributed by atoms with Crippen LogP contribution < -0.4 is 0 Å². The molecule has 0 saturated carbocycles. The van der Waals surface area contributed by atoms with Gasteiger partial charge in [0.1, 0.15) is 45.4 Å². The van der Waals surface area contributed by atoms with E-state index < -0.39 is 114 Å². The first-order chi connectivity index (χ1) is 57.1. The van der Waals surface area contributed by atoms with Crippen molar-refractivity contribution in [2.45, 2.75) is 150 Å². The molecule has 0 aromatic heterocycles. The Bertz CT molecular complexity index is 3830. The zero-order valence-electron chi connectivity index (χ0n) is 71.8. The summed E-state index contributed by atoms with van der Waals surface area (Å²) in [7, 11) is 4.63. The van der Waals surface area contributed by atoms with Crippen molar-refractivity contribution >= 4 is 82.4 Å². The molecule has 0 spiro atoms. The molecule has 0 amide bonds. The molecule has 0 aliphatic carbocycles. The fourth-order valence-corrected chi connectivity index (χ4v) is 14.5. The van der Waals surface area contributed by atoms with Crippen LogP contribution in [0.2, 0.25) is 39.3 Å². The van der Waals surface area contributed by atoms with Crippen LogP contribution in [0.3, 0.4) is 0 Å². The zero-order valence-corrected chi connectivity index (χ0v) is 75.3. The number of likely N-dealkylation sites (tertiary alicyclic amines) is 1. The van der Waals surface area contributed by atoms with E-state index >= 15 is 0 Å². The summed E-state index contributed by atoms with van der Waals surface area (Å²) in [5.41, 5.74) is 6.52. The number of nitrogens with zero attached hydrogens (tertiary/aromatic N) is 6. The fourth-order valence-electron chi connectivity index (χ4n) is 11.1. The third-order valence-corrected chi connectivity index (χ3v) is 18.6. The van der Waals surface area contributed by atoms with Gasteiger partial charge >= 0.3 is 54.8 Å². The third-order valence-electron chi connectivity index (χ3n) is 15.8. The van der Waals surface area contributed by atoms with E-state index in [1.54, 1.807) is 39.8 Å². The van der Waals surface area contributed by atoms with E-state index in [0.717, 1.165) is 81.5 Å². The second-order valence-corrected chi connectivity index (χ2v) is 41.3. The Labute approximate surface area is 725 Å². The molecule has 2 heterocycles. The summed E-state index contributed by atoms with van der Waals surface area (Å²) < 4.78 is 199. The molecular weight excluding hydrogens is 1720 g/mol. The molecule has 0 radical (unpaired) electrons. The molecule has 123 heavy (non-hydrogen) atoms. The van der Waals surface area contributed by atoms with Gasteiger partial charge in [-0.05, 0) is 85.7 Å². The first kappa shape index (κ1) is 116. The van der Waals surface area contributed by atoms with Crippen molar-refractivity contribution in [2.24, 2.45) is 17.8 Å². The largest absolute Gasteiger partial charge is 0.624 e. The summed E-state index contributed by atoms with van der Waals surface area (Å²) in [5, 5.41) is 11.9. The van der Waals surface area contributed by atoms with Crippen LogP contribution in [-0.4, -0.2) is 210 Å². The SMILES string of the molecule is C/[N+]([O-])=C/c1ccccc1.C=[N+]([CH2-])Cc1ccccc1.CC(=O)OC/C=C/C(F)(F)F.CC(=O)OC/C=C/C(F)(F)F.CC(=O)OCC1CN(Cc2ccccc2)CC1C(F)(F)F.CC(=O)OC[C@@H]1ON(C)[C@H](c2ccccc2)[C@H]1C(F)(F)F.CCN(Cc1ccccc1)C[Si](C)(C)C.CCN(Cc1ccccc1)C[Si](C)(C)C.ClCCl.O=CC(F)(F)F. The predicted octanol–water partition coefficient (Wildman–Crippen LogP) is 20.8. The molecule has 2 aliphatic rings. The topological polar surface area (TPSA) is 174 Å². The number of allylic oxidation sites excluding steroid dienone is 2. The average Bonchev–Trinajstić information content (AvgIpc) is 1.63. The van der Waals surface area contributed by atoms with Crippen LogP contribution in [0, 0.1) is 30.0 Å². The minimum absolute atomic E-state index is 0.0238. The van der Waals surface area contributed by atoms with Crippen molar-refractivity contribution in [3.05, 3.63) is 252 Å². The molecule has 36 heteroatoms. The van der Waals surface area contributed by atoms with E-state index in [0.29, 0.717) is 12.1 Å². The van der Waals surface area contributed by atoms with Crippen molar-refractivity contribution in [2.75, 3.05) is 84.4 Å². The summed E-state index contributed by atoms with van der Waals surface area (Å²) in [6.45, 7) is 32.1. The van der Waals surface area contributed by atoms with Gasteiger partial charge < -0.3 is 38.5 Å². The Kier molecular flexibility index (Phi) is 58.0. The van der Waals surface area contributed by atoms with Crippen LogP contribution in [0.25, 0.3) is 0 Å². The lowest BCUT2D eigenvalue weighted by Gasteiger charge is -2.27. The molecule has 688 valence electrons. The monoisotopic (exact) mass is 1830 g/mol. The van der Waals surface area contributed by atoms with Gasteiger partial charge in [0, 0.05) is 96.7 Å². The molecule has 5 atom stereocenters.